The highest BCUT2D eigenvalue weighted by Crippen LogP contribution is 2.10. The summed E-state index contributed by atoms with van der Waals surface area (Å²) in [6, 6.07) is 1.92. The minimum atomic E-state index is -0.0231. The summed E-state index contributed by atoms with van der Waals surface area (Å²) in [7, 11) is 1.63. The predicted octanol–water partition coefficient (Wildman–Crippen LogP) is 1.51. The molecule has 0 bridgehead atoms. The maximum Gasteiger partial charge on any atom is 0.271 e. The Morgan fingerprint density at radius 2 is 2.21 bits per heavy atom. The number of ether oxygens (including phenoxy) is 1. The smallest absolute Gasteiger partial charge is 0.271 e. The fourth-order valence-electron chi connectivity index (χ4n) is 1.76. The van der Waals surface area contributed by atoms with Gasteiger partial charge in [0.15, 0.2) is 0 Å². The van der Waals surface area contributed by atoms with Crippen molar-refractivity contribution < 1.29 is 4.74 Å². The zero-order valence-corrected chi connectivity index (χ0v) is 12.4. The predicted molar refractivity (Wildman–Crippen MR) is 76.5 cm³/mol. The van der Waals surface area contributed by atoms with Crippen molar-refractivity contribution in [2.75, 3.05) is 20.3 Å². The van der Waals surface area contributed by atoms with Crippen LogP contribution in [-0.2, 0) is 17.8 Å². The molecule has 0 aliphatic heterocycles. The van der Waals surface area contributed by atoms with Gasteiger partial charge in [-0.25, -0.2) is 4.68 Å². The van der Waals surface area contributed by atoms with E-state index in [2.05, 4.69) is 31.2 Å². The van der Waals surface area contributed by atoms with Gasteiger partial charge in [0.25, 0.3) is 5.56 Å². The zero-order chi connectivity index (χ0) is 14.3. The fourth-order valence-corrected chi connectivity index (χ4v) is 1.76. The summed E-state index contributed by atoms with van der Waals surface area (Å²) in [4.78, 5) is 12.2. The van der Waals surface area contributed by atoms with Crippen LogP contribution in [0.2, 0.25) is 0 Å². The van der Waals surface area contributed by atoms with Crippen LogP contribution in [0.1, 0.15) is 44.4 Å². The lowest BCUT2D eigenvalue weighted by Crippen LogP contribution is -2.31. The fraction of sp³-hybridized carbons (Fsp3) is 0.714. The Balaban J connectivity index is 2.99. The lowest BCUT2D eigenvalue weighted by atomic mass is 10.1. The van der Waals surface area contributed by atoms with Gasteiger partial charge in [0, 0.05) is 19.2 Å². The van der Waals surface area contributed by atoms with Gasteiger partial charge in [-0.2, -0.15) is 5.10 Å². The second-order valence-corrected chi connectivity index (χ2v) is 4.95. The molecule has 1 aromatic rings. The Labute approximate surface area is 115 Å². The first-order valence-corrected chi connectivity index (χ1v) is 6.90. The number of methoxy groups -OCH3 is 1. The minimum absolute atomic E-state index is 0.0231. The maximum atomic E-state index is 12.2. The molecular weight excluding hydrogens is 242 g/mol. The third-order valence-electron chi connectivity index (χ3n) is 2.91. The molecule has 5 heteroatoms. The lowest BCUT2D eigenvalue weighted by Gasteiger charge is -2.12. The number of rotatable bonds is 8. The first-order chi connectivity index (χ1) is 9.10. The summed E-state index contributed by atoms with van der Waals surface area (Å²) in [6.07, 6.45) is 1.06. The second kappa shape index (κ2) is 8.07. The van der Waals surface area contributed by atoms with E-state index in [0.29, 0.717) is 25.6 Å². The van der Waals surface area contributed by atoms with E-state index in [1.165, 1.54) is 4.68 Å². The number of hydrogen-bond donors (Lipinski definition) is 1. The molecule has 0 amide bonds. The molecule has 0 aliphatic rings. The largest absolute Gasteiger partial charge is 0.383 e. The van der Waals surface area contributed by atoms with Gasteiger partial charge in [-0.1, -0.05) is 20.8 Å². The molecule has 1 rings (SSSR count). The molecule has 19 heavy (non-hydrogen) atoms. The highest BCUT2D eigenvalue weighted by Gasteiger charge is 2.10. The molecule has 1 aromatic heterocycles. The molecule has 0 spiro atoms. The molecule has 108 valence electrons. The van der Waals surface area contributed by atoms with Crippen LogP contribution < -0.4 is 10.9 Å². The van der Waals surface area contributed by atoms with Crippen LogP contribution in [-0.4, -0.2) is 30.0 Å². The highest BCUT2D eigenvalue weighted by molar-refractivity contribution is 5.16. The van der Waals surface area contributed by atoms with Gasteiger partial charge in [-0.15, -0.1) is 0 Å². The molecule has 0 aliphatic carbocycles. The first-order valence-electron chi connectivity index (χ1n) is 6.90. The van der Waals surface area contributed by atoms with Crippen molar-refractivity contribution in [2.45, 2.75) is 46.2 Å². The van der Waals surface area contributed by atoms with Crippen LogP contribution in [0.15, 0.2) is 10.9 Å². The van der Waals surface area contributed by atoms with Crippen molar-refractivity contribution in [1.29, 1.82) is 0 Å². The molecule has 5 nitrogen and oxygen atoms in total. The second-order valence-electron chi connectivity index (χ2n) is 4.95. The minimum Gasteiger partial charge on any atom is -0.383 e. The van der Waals surface area contributed by atoms with E-state index >= 15 is 0 Å². The zero-order valence-electron chi connectivity index (χ0n) is 12.4. The topological polar surface area (TPSA) is 56.1 Å². The van der Waals surface area contributed by atoms with Gasteiger partial charge in [0.2, 0.25) is 0 Å². The molecule has 1 N–H and O–H groups in total. The third kappa shape index (κ3) is 4.76. The third-order valence-corrected chi connectivity index (χ3v) is 2.91. The molecule has 0 unspecified atom stereocenters. The van der Waals surface area contributed by atoms with Crippen LogP contribution in [0.3, 0.4) is 0 Å². The average Bonchev–Trinajstić information content (AvgIpc) is 2.39. The van der Waals surface area contributed by atoms with E-state index in [-0.39, 0.29) is 5.56 Å². The number of aromatic nitrogens is 2. The van der Waals surface area contributed by atoms with E-state index in [9.17, 15) is 4.79 Å². The Hall–Kier alpha value is -1.20. The Morgan fingerprint density at radius 3 is 2.79 bits per heavy atom. The summed E-state index contributed by atoms with van der Waals surface area (Å²) in [5.74, 6) is 0.305. The van der Waals surface area contributed by atoms with E-state index in [0.717, 1.165) is 24.2 Å². The molecule has 0 saturated heterocycles. The number of nitrogens with one attached hydrogen (secondary N) is 1. The van der Waals surface area contributed by atoms with Gasteiger partial charge < -0.3 is 10.1 Å². The van der Waals surface area contributed by atoms with E-state index in [1.807, 2.05) is 6.07 Å². The van der Waals surface area contributed by atoms with Gasteiger partial charge in [0.05, 0.1) is 18.8 Å². The van der Waals surface area contributed by atoms with Crippen molar-refractivity contribution in [2.24, 2.45) is 0 Å². The van der Waals surface area contributed by atoms with Gasteiger partial charge in [0.1, 0.15) is 0 Å². The van der Waals surface area contributed by atoms with E-state index in [1.54, 1.807) is 7.11 Å². The van der Waals surface area contributed by atoms with Crippen LogP contribution in [0.25, 0.3) is 0 Å². The normalized spacial score (nSPS) is 11.2. The summed E-state index contributed by atoms with van der Waals surface area (Å²) >= 11 is 0. The molecule has 0 saturated carbocycles. The number of hydrogen-bond acceptors (Lipinski definition) is 4. The first kappa shape index (κ1) is 15.9. The SMILES string of the molecule is CCCNCc1cc(C(C)C)nn(CCOC)c1=O. The van der Waals surface area contributed by atoms with Gasteiger partial charge >= 0.3 is 0 Å². The summed E-state index contributed by atoms with van der Waals surface area (Å²) in [5, 5.41) is 7.66. The summed E-state index contributed by atoms with van der Waals surface area (Å²) < 4.78 is 6.54. The van der Waals surface area contributed by atoms with E-state index in [4.69, 9.17) is 4.74 Å². The molecular formula is C14H25N3O2. The number of nitrogens with zero attached hydrogens (tertiary/aromatic N) is 2. The van der Waals surface area contributed by atoms with Crippen LogP contribution in [0.5, 0.6) is 0 Å². The monoisotopic (exact) mass is 267 g/mol. The van der Waals surface area contributed by atoms with E-state index < -0.39 is 0 Å². The van der Waals surface area contributed by atoms with Crippen molar-refractivity contribution in [3.63, 3.8) is 0 Å². The van der Waals surface area contributed by atoms with Crippen LogP contribution >= 0.6 is 0 Å². The Bertz CT molecular complexity index is 441. The molecule has 1 heterocycles. The van der Waals surface area contributed by atoms with Crippen molar-refractivity contribution in [3.05, 3.63) is 27.7 Å². The Kier molecular flexibility index (Phi) is 6.73. The standard InChI is InChI=1S/C14H25N3O2/c1-5-6-15-10-12-9-13(11(2)3)16-17(14(12)18)7-8-19-4/h9,11,15H,5-8,10H2,1-4H3. The Morgan fingerprint density at radius 1 is 1.47 bits per heavy atom. The lowest BCUT2D eigenvalue weighted by molar-refractivity contribution is 0.181. The maximum absolute atomic E-state index is 12.2. The summed E-state index contributed by atoms with van der Waals surface area (Å²) in [6.45, 7) is 8.77. The highest BCUT2D eigenvalue weighted by atomic mass is 16.5. The molecule has 0 fully saturated rings. The van der Waals surface area contributed by atoms with Crippen LogP contribution in [0, 0.1) is 0 Å². The van der Waals surface area contributed by atoms with Gasteiger partial charge in [-0.05, 0) is 24.9 Å². The van der Waals surface area contributed by atoms with Crippen LogP contribution in [0.4, 0.5) is 0 Å². The summed E-state index contributed by atoms with van der Waals surface area (Å²) in [5.41, 5.74) is 1.71. The van der Waals surface area contributed by atoms with Crippen molar-refractivity contribution in [3.8, 4) is 0 Å². The molecule has 0 radical (unpaired) electrons. The average molecular weight is 267 g/mol. The molecule has 0 atom stereocenters. The van der Waals surface area contributed by atoms with Crippen molar-refractivity contribution in [1.82, 2.24) is 15.1 Å². The van der Waals surface area contributed by atoms with Crippen molar-refractivity contribution >= 4 is 0 Å². The molecule has 0 aromatic carbocycles. The quantitative estimate of drug-likeness (QED) is 0.725. The van der Waals surface area contributed by atoms with Gasteiger partial charge in [-0.3, -0.25) is 4.79 Å².